The lowest BCUT2D eigenvalue weighted by Gasteiger charge is -2.12. The Balaban J connectivity index is 1.37. The van der Waals surface area contributed by atoms with Crippen LogP contribution >= 0.6 is 0 Å². The monoisotopic (exact) mass is 455 g/mol. The van der Waals surface area contributed by atoms with Crippen molar-refractivity contribution in [2.24, 2.45) is 0 Å². The maximum Gasteiger partial charge on any atom is 0.249 e. The Morgan fingerprint density at radius 3 is 2.29 bits per heavy atom. The van der Waals surface area contributed by atoms with Gasteiger partial charge < -0.3 is 10.6 Å². The Bertz CT molecular complexity index is 1310. The zero-order valence-electron chi connectivity index (χ0n) is 19.1. The van der Waals surface area contributed by atoms with E-state index in [1.165, 1.54) is 23.4 Å². The second kappa shape index (κ2) is 9.95. The minimum absolute atomic E-state index is 0.216. The highest BCUT2D eigenvalue weighted by molar-refractivity contribution is 6.02. The lowest BCUT2D eigenvalue weighted by molar-refractivity contribution is -0.119. The molecule has 0 aliphatic carbocycles. The molecule has 0 bridgehead atoms. The van der Waals surface area contributed by atoms with E-state index in [1.54, 1.807) is 37.3 Å². The van der Waals surface area contributed by atoms with Crippen LogP contribution < -0.4 is 10.6 Å². The standard InChI is InChI=1S/C25H25N7O2/c1-17-23(18(2)32(30-17)22-7-5-4-6-8-22)13-14-24(33)28-20-9-11-21(12-10-20)29-25(34)19(3)31-16-26-15-27-31/h4-16,19H,1-3H3,(H,28,33)(H,29,34)/b14-13+. The smallest absolute Gasteiger partial charge is 0.249 e. The molecule has 0 fully saturated rings. The van der Waals surface area contributed by atoms with Crippen molar-refractivity contribution in [3.8, 4) is 5.69 Å². The minimum atomic E-state index is -0.495. The number of nitrogens with zero attached hydrogens (tertiary/aromatic N) is 5. The maximum absolute atomic E-state index is 12.5. The Kier molecular flexibility index (Phi) is 6.63. The van der Waals surface area contributed by atoms with E-state index in [1.807, 2.05) is 48.9 Å². The highest BCUT2D eigenvalue weighted by Crippen LogP contribution is 2.20. The van der Waals surface area contributed by atoms with Gasteiger partial charge in [-0.3, -0.25) is 9.59 Å². The molecule has 0 spiro atoms. The molecule has 0 saturated carbocycles. The van der Waals surface area contributed by atoms with E-state index in [-0.39, 0.29) is 11.8 Å². The third-order valence-electron chi connectivity index (χ3n) is 5.38. The molecule has 2 amide bonds. The van der Waals surface area contributed by atoms with Gasteiger partial charge in [0.05, 0.1) is 11.4 Å². The fourth-order valence-corrected chi connectivity index (χ4v) is 3.48. The van der Waals surface area contributed by atoms with Gasteiger partial charge in [0.2, 0.25) is 11.8 Å². The average Bonchev–Trinajstić information content (AvgIpc) is 3.47. The van der Waals surface area contributed by atoms with Crippen molar-refractivity contribution in [1.29, 1.82) is 0 Å². The van der Waals surface area contributed by atoms with Gasteiger partial charge >= 0.3 is 0 Å². The summed E-state index contributed by atoms with van der Waals surface area (Å²) in [5, 5.41) is 14.2. The zero-order chi connectivity index (χ0) is 24.1. The van der Waals surface area contributed by atoms with Gasteiger partial charge in [0.25, 0.3) is 0 Å². The molecular weight excluding hydrogens is 430 g/mol. The van der Waals surface area contributed by atoms with Crippen LogP contribution in [0.25, 0.3) is 11.8 Å². The van der Waals surface area contributed by atoms with Gasteiger partial charge in [0.15, 0.2) is 0 Å². The van der Waals surface area contributed by atoms with E-state index in [2.05, 4.69) is 25.8 Å². The highest BCUT2D eigenvalue weighted by atomic mass is 16.2. The number of amides is 2. The number of nitrogens with one attached hydrogen (secondary N) is 2. The van der Waals surface area contributed by atoms with Gasteiger partial charge in [-0.1, -0.05) is 18.2 Å². The average molecular weight is 456 g/mol. The summed E-state index contributed by atoms with van der Waals surface area (Å²) < 4.78 is 3.34. The van der Waals surface area contributed by atoms with Gasteiger partial charge in [-0.05, 0) is 63.2 Å². The lowest BCUT2D eigenvalue weighted by Crippen LogP contribution is -2.24. The normalized spacial score (nSPS) is 12.0. The van der Waals surface area contributed by atoms with Gasteiger partial charge in [-0.25, -0.2) is 14.3 Å². The number of aryl methyl sites for hydroxylation is 1. The predicted octanol–water partition coefficient (Wildman–Crippen LogP) is 3.93. The number of para-hydroxylation sites is 1. The summed E-state index contributed by atoms with van der Waals surface area (Å²) in [5.41, 5.74) is 4.89. The van der Waals surface area contributed by atoms with Crippen LogP contribution in [0.2, 0.25) is 0 Å². The van der Waals surface area contributed by atoms with Gasteiger partial charge in [-0.15, -0.1) is 0 Å². The Hall–Kier alpha value is -4.53. The van der Waals surface area contributed by atoms with Crippen molar-refractivity contribution in [1.82, 2.24) is 24.5 Å². The molecule has 0 aliphatic rings. The fourth-order valence-electron chi connectivity index (χ4n) is 3.48. The summed E-state index contributed by atoms with van der Waals surface area (Å²) in [6.45, 7) is 5.63. The van der Waals surface area contributed by atoms with Crippen molar-refractivity contribution in [3.63, 3.8) is 0 Å². The SMILES string of the molecule is Cc1nn(-c2ccccc2)c(C)c1/C=C/C(=O)Nc1ccc(NC(=O)C(C)n2cncn2)cc1. The maximum atomic E-state index is 12.5. The Morgan fingerprint density at radius 2 is 1.65 bits per heavy atom. The zero-order valence-corrected chi connectivity index (χ0v) is 19.1. The Labute approximate surface area is 197 Å². The van der Waals surface area contributed by atoms with E-state index < -0.39 is 6.04 Å². The van der Waals surface area contributed by atoms with Gasteiger partial charge in [0.1, 0.15) is 18.7 Å². The first-order valence-corrected chi connectivity index (χ1v) is 10.8. The molecule has 2 heterocycles. The third-order valence-corrected chi connectivity index (χ3v) is 5.38. The number of hydrogen-bond acceptors (Lipinski definition) is 5. The van der Waals surface area contributed by atoms with Crippen LogP contribution in [0.4, 0.5) is 11.4 Å². The molecule has 0 radical (unpaired) electrons. The van der Waals surface area contributed by atoms with Crippen molar-refractivity contribution in [2.45, 2.75) is 26.8 Å². The van der Waals surface area contributed by atoms with Crippen molar-refractivity contribution in [3.05, 3.63) is 90.3 Å². The highest BCUT2D eigenvalue weighted by Gasteiger charge is 2.15. The van der Waals surface area contributed by atoms with E-state index in [4.69, 9.17) is 0 Å². The summed E-state index contributed by atoms with van der Waals surface area (Å²) in [6.07, 6.45) is 6.13. The summed E-state index contributed by atoms with van der Waals surface area (Å²) >= 11 is 0. The van der Waals surface area contributed by atoms with Crippen LogP contribution in [0, 0.1) is 13.8 Å². The van der Waals surface area contributed by atoms with Crippen LogP contribution in [-0.4, -0.2) is 36.4 Å². The van der Waals surface area contributed by atoms with Crippen molar-refractivity contribution >= 4 is 29.3 Å². The number of hydrogen-bond donors (Lipinski definition) is 2. The number of carbonyl (C=O) groups excluding carboxylic acids is 2. The molecule has 2 aromatic carbocycles. The third kappa shape index (κ3) is 5.09. The van der Waals surface area contributed by atoms with Crippen LogP contribution in [0.3, 0.4) is 0 Å². The first-order chi connectivity index (χ1) is 16.4. The minimum Gasteiger partial charge on any atom is -0.324 e. The number of anilines is 2. The van der Waals surface area contributed by atoms with E-state index in [0.717, 1.165) is 22.6 Å². The molecule has 0 aliphatic heterocycles. The second-order valence-electron chi connectivity index (χ2n) is 7.77. The van der Waals surface area contributed by atoms with E-state index >= 15 is 0 Å². The number of aromatic nitrogens is 5. The summed E-state index contributed by atoms with van der Waals surface area (Å²) in [7, 11) is 0. The lowest BCUT2D eigenvalue weighted by atomic mass is 10.2. The molecule has 4 aromatic rings. The first kappa shape index (κ1) is 22.7. The Morgan fingerprint density at radius 1 is 0.971 bits per heavy atom. The topological polar surface area (TPSA) is 107 Å². The molecule has 2 N–H and O–H groups in total. The summed E-state index contributed by atoms with van der Waals surface area (Å²) in [4.78, 5) is 28.7. The second-order valence-corrected chi connectivity index (χ2v) is 7.77. The van der Waals surface area contributed by atoms with Gasteiger partial charge in [-0.2, -0.15) is 10.2 Å². The molecule has 2 aromatic heterocycles. The van der Waals surface area contributed by atoms with Crippen LogP contribution in [0.5, 0.6) is 0 Å². The molecule has 34 heavy (non-hydrogen) atoms. The molecule has 0 saturated heterocycles. The molecule has 9 nitrogen and oxygen atoms in total. The molecule has 9 heteroatoms. The molecule has 1 unspecified atom stereocenters. The number of carbonyl (C=O) groups is 2. The number of benzene rings is 2. The molecule has 4 rings (SSSR count). The predicted molar refractivity (Wildman–Crippen MR) is 131 cm³/mol. The van der Waals surface area contributed by atoms with Crippen LogP contribution in [0.1, 0.15) is 29.9 Å². The van der Waals surface area contributed by atoms with Gasteiger partial charge in [0, 0.05) is 28.7 Å². The summed E-state index contributed by atoms with van der Waals surface area (Å²) in [5.74, 6) is -0.477. The number of rotatable bonds is 7. The largest absolute Gasteiger partial charge is 0.324 e. The molecule has 172 valence electrons. The fraction of sp³-hybridized carbons (Fsp3) is 0.160. The van der Waals surface area contributed by atoms with Crippen molar-refractivity contribution in [2.75, 3.05) is 10.6 Å². The van der Waals surface area contributed by atoms with E-state index in [0.29, 0.717) is 11.4 Å². The molecular formula is C25H25N7O2. The molecule has 1 atom stereocenters. The van der Waals surface area contributed by atoms with Crippen LogP contribution in [0.15, 0.2) is 73.3 Å². The first-order valence-electron chi connectivity index (χ1n) is 10.8. The van der Waals surface area contributed by atoms with E-state index in [9.17, 15) is 9.59 Å². The quantitative estimate of drug-likeness (QED) is 0.411. The summed E-state index contributed by atoms with van der Waals surface area (Å²) in [6, 6.07) is 16.3. The van der Waals surface area contributed by atoms with Crippen LogP contribution in [-0.2, 0) is 9.59 Å². The van der Waals surface area contributed by atoms with Crippen molar-refractivity contribution < 1.29 is 9.59 Å².